The summed E-state index contributed by atoms with van der Waals surface area (Å²) in [5, 5.41) is 5.60. The van der Waals surface area contributed by atoms with Crippen LogP contribution in [0.25, 0.3) is 0 Å². The average molecular weight is 585 g/mol. The number of carbonyl (C=O) groups is 4. The van der Waals surface area contributed by atoms with Crippen molar-refractivity contribution in [3.8, 4) is 0 Å². The molecule has 12 heteroatoms. The summed E-state index contributed by atoms with van der Waals surface area (Å²) >= 11 is 0. The van der Waals surface area contributed by atoms with Crippen molar-refractivity contribution >= 4 is 29.5 Å². The van der Waals surface area contributed by atoms with E-state index in [9.17, 15) is 19.2 Å². The molecule has 12 nitrogen and oxygen atoms in total. The lowest BCUT2D eigenvalue weighted by Gasteiger charge is -2.62. The Balaban J connectivity index is 1.72. The molecular weight excluding hydrogens is 536 g/mol. The first-order chi connectivity index (χ1) is 20.0. The van der Waals surface area contributed by atoms with Gasteiger partial charge in [-0.3, -0.25) is 24.2 Å². The molecule has 3 aliphatic carbocycles. The lowest BCUT2D eigenvalue weighted by atomic mass is 9.43. The van der Waals surface area contributed by atoms with Crippen LogP contribution in [0.5, 0.6) is 0 Å². The van der Waals surface area contributed by atoms with Crippen molar-refractivity contribution in [2.75, 3.05) is 13.1 Å². The largest absolute Gasteiger partial charge is 0.370 e. The number of Topliss-reactive ketones (excluding diaryl/α,β-unsaturated/α-hetero) is 1. The maximum atomic E-state index is 13.7. The smallest absolute Gasteiger partial charge is 0.239 e. The predicted molar refractivity (Wildman–Crippen MR) is 161 cm³/mol. The van der Waals surface area contributed by atoms with E-state index in [1.165, 1.54) is 0 Å². The number of ketones is 1. The number of amides is 3. The molecule has 0 unspecified atom stereocenters. The molecule has 0 aliphatic heterocycles. The molecule has 4 atom stereocenters. The van der Waals surface area contributed by atoms with Crippen molar-refractivity contribution in [1.82, 2.24) is 10.6 Å². The Bertz CT molecular complexity index is 1090. The van der Waals surface area contributed by atoms with Crippen molar-refractivity contribution in [2.45, 2.75) is 88.8 Å². The molecule has 42 heavy (non-hydrogen) atoms. The second kappa shape index (κ2) is 15.6. The van der Waals surface area contributed by atoms with E-state index in [4.69, 9.17) is 28.7 Å². The fourth-order valence-electron chi connectivity index (χ4n) is 6.17. The van der Waals surface area contributed by atoms with Gasteiger partial charge in [0.1, 0.15) is 6.04 Å². The minimum atomic E-state index is -0.873. The standard InChI is InChI=1S/C30H48N8O4/c31-11-5-4-9-24(26(33)40)38-27(41)21(13-19-7-2-1-3-8-19)14-25(39)23(10-6-12-36-29(34)35)37-28(42)22(32)18-30-15-20(16-30)17-30/h1-3,7-8,20-24H,4-6,9-18,31-32H2,(H2,33,40)(H,37,42)(H,38,41)(H4,34,35,36)/t20?,21-,22+,23+,24+,30?/m1/s1. The Morgan fingerprint density at radius 2 is 1.55 bits per heavy atom. The Morgan fingerprint density at radius 1 is 0.905 bits per heavy atom. The number of nitrogens with zero attached hydrogens (tertiary/aromatic N) is 1. The number of nitrogens with one attached hydrogen (secondary N) is 2. The molecule has 0 heterocycles. The first kappa shape index (κ1) is 33.0. The van der Waals surface area contributed by atoms with Crippen molar-refractivity contribution in [3.63, 3.8) is 0 Å². The molecule has 3 amide bonds. The Morgan fingerprint density at radius 3 is 2.12 bits per heavy atom. The molecular formula is C30H48N8O4. The minimum absolute atomic E-state index is 0.0578. The number of unbranched alkanes of at least 4 members (excludes halogenated alkanes) is 1. The van der Waals surface area contributed by atoms with Crippen molar-refractivity contribution < 1.29 is 19.2 Å². The minimum Gasteiger partial charge on any atom is -0.370 e. The molecule has 2 bridgehead atoms. The van der Waals surface area contributed by atoms with Gasteiger partial charge in [0.25, 0.3) is 0 Å². The lowest BCUT2D eigenvalue weighted by Crippen LogP contribution is -2.57. The first-order valence-corrected chi connectivity index (χ1v) is 15.0. The van der Waals surface area contributed by atoms with Crippen LogP contribution in [0.3, 0.4) is 0 Å². The number of aliphatic imine (C=N–C) groups is 1. The molecule has 12 N–H and O–H groups in total. The monoisotopic (exact) mass is 584 g/mol. The highest BCUT2D eigenvalue weighted by molar-refractivity contribution is 5.94. The van der Waals surface area contributed by atoms with Crippen LogP contribution in [-0.2, 0) is 25.6 Å². The van der Waals surface area contributed by atoms with Gasteiger partial charge in [0, 0.05) is 18.9 Å². The lowest BCUT2D eigenvalue weighted by molar-refractivity contribution is -0.138. The molecule has 4 rings (SSSR count). The zero-order valence-electron chi connectivity index (χ0n) is 24.4. The molecule has 232 valence electrons. The van der Waals surface area contributed by atoms with E-state index in [2.05, 4.69) is 15.6 Å². The van der Waals surface area contributed by atoms with E-state index >= 15 is 0 Å². The molecule has 3 aliphatic rings. The van der Waals surface area contributed by atoms with Crippen LogP contribution in [0.15, 0.2) is 35.3 Å². The van der Waals surface area contributed by atoms with Gasteiger partial charge in [-0.15, -0.1) is 0 Å². The average Bonchev–Trinajstić information content (AvgIpc) is 2.90. The van der Waals surface area contributed by atoms with E-state index in [0.29, 0.717) is 38.6 Å². The summed E-state index contributed by atoms with van der Waals surface area (Å²) in [5.74, 6) is -1.85. The number of primary amides is 1. The van der Waals surface area contributed by atoms with E-state index in [0.717, 1.165) is 30.7 Å². The van der Waals surface area contributed by atoms with Crippen molar-refractivity contribution in [1.29, 1.82) is 0 Å². The zero-order valence-corrected chi connectivity index (χ0v) is 24.4. The number of benzene rings is 1. The van der Waals surface area contributed by atoms with Crippen LogP contribution < -0.4 is 39.3 Å². The first-order valence-electron chi connectivity index (χ1n) is 15.0. The summed E-state index contributed by atoms with van der Waals surface area (Å²) in [7, 11) is 0. The van der Waals surface area contributed by atoms with Gasteiger partial charge < -0.3 is 39.3 Å². The zero-order chi connectivity index (χ0) is 30.7. The third-order valence-corrected chi connectivity index (χ3v) is 8.56. The Kier molecular flexibility index (Phi) is 12.3. The third-order valence-electron chi connectivity index (χ3n) is 8.56. The summed E-state index contributed by atoms with van der Waals surface area (Å²) < 4.78 is 0. The van der Waals surface area contributed by atoms with Crippen LogP contribution >= 0.6 is 0 Å². The molecule has 0 saturated heterocycles. The highest BCUT2D eigenvalue weighted by atomic mass is 16.2. The van der Waals surface area contributed by atoms with Crippen LogP contribution in [0.4, 0.5) is 0 Å². The number of nitrogens with two attached hydrogens (primary N) is 5. The predicted octanol–water partition coefficient (Wildman–Crippen LogP) is -0.0405. The Hall–Kier alpha value is -3.51. The number of guanidine groups is 1. The van der Waals surface area contributed by atoms with Crippen LogP contribution in [0.2, 0.25) is 0 Å². The van der Waals surface area contributed by atoms with Gasteiger partial charge in [-0.05, 0) is 87.6 Å². The highest BCUT2D eigenvalue weighted by Gasteiger charge is 2.57. The normalized spacial score (nSPS) is 21.4. The van der Waals surface area contributed by atoms with E-state index < -0.39 is 35.9 Å². The fourth-order valence-corrected chi connectivity index (χ4v) is 6.17. The van der Waals surface area contributed by atoms with Crippen LogP contribution in [-0.4, -0.2) is 60.7 Å². The van der Waals surface area contributed by atoms with Gasteiger partial charge >= 0.3 is 0 Å². The summed E-state index contributed by atoms with van der Waals surface area (Å²) in [4.78, 5) is 56.3. The molecule has 0 radical (unpaired) electrons. The van der Waals surface area contributed by atoms with Gasteiger partial charge in [-0.25, -0.2) is 0 Å². The van der Waals surface area contributed by atoms with E-state index in [1.807, 2.05) is 30.3 Å². The summed E-state index contributed by atoms with van der Waals surface area (Å²) in [5.41, 5.74) is 29.3. The van der Waals surface area contributed by atoms with Gasteiger partial charge in [0.15, 0.2) is 11.7 Å². The molecule has 3 saturated carbocycles. The number of hydrogen-bond donors (Lipinski definition) is 7. The topological polar surface area (TPSA) is 235 Å². The van der Waals surface area contributed by atoms with Crippen molar-refractivity contribution in [3.05, 3.63) is 35.9 Å². The van der Waals surface area contributed by atoms with Crippen molar-refractivity contribution in [2.24, 2.45) is 50.9 Å². The van der Waals surface area contributed by atoms with Gasteiger partial charge in [-0.2, -0.15) is 0 Å². The Labute approximate surface area is 248 Å². The number of hydrogen-bond acceptors (Lipinski definition) is 7. The van der Waals surface area contributed by atoms with E-state index in [-0.39, 0.29) is 48.9 Å². The van der Waals surface area contributed by atoms with Gasteiger partial charge in [0.05, 0.1) is 12.1 Å². The quantitative estimate of drug-likeness (QED) is 0.0622. The third kappa shape index (κ3) is 9.80. The van der Waals surface area contributed by atoms with Gasteiger partial charge in [0.2, 0.25) is 17.7 Å². The van der Waals surface area contributed by atoms with E-state index in [1.54, 1.807) is 0 Å². The maximum absolute atomic E-state index is 13.7. The van der Waals surface area contributed by atoms with Gasteiger partial charge in [-0.1, -0.05) is 30.3 Å². The SMILES string of the molecule is NCCCC[C@H](NC(=O)[C@@H](CC(=O)[C@H](CCCN=C(N)N)NC(=O)[C@@H](N)CC12CC(C1)C2)Cc1ccccc1)C(N)=O. The summed E-state index contributed by atoms with van der Waals surface area (Å²) in [6.45, 7) is 0.752. The maximum Gasteiger partial charge on any atom is 0.239 e. The number of carbonyl (C=O) groups excluding carboxylic acids is 4. The molecule has 0 aromatic heterocycles. The molecule has 1 aromatic carbocycles. The number of rotatable bonds is 20. The highest BCUT2D eigenvalue weighted by Crippen LogP contribution is 2.66. The molecule has 1 aromatic rings. The second-order valence-electron chi connectivity index (χ2n) is 12.1. The summed E-state index contributed by atoms with van der Waals surface area (Å²) in [6.07, 6.45) is 6.45. The molecule has 3 fully saturated rings. The van der Waals surface area contributed by atoms with Crippen LogP contribution in [0, 0.1) is 17.3 Å². The van der Waals surface area contributed by atoms with Crippen LogP contribution in [0.1, 0.15) is 69.8 Å². The fraction of sp³-hybridized carbons (Fsp3) is 0.633. The summed E-state index contributed by atoms with van der Waals surface area (Å²) in [6, 6.07) is 6.86. The second-order valence-corrected chi connectivity index (χ2v) is 12.1. The molecule has 0 spiro atoms.